The van der Waals surface area contributed by atoms with E-state index < -0.39 is 10.0 Å². The van der Waals surface area contributed by atoms with E-state index in [0.717, 1.165) is 0 Å². The van der Waals surface area contributed by atoms with Crippen LogP contribution in [-0.4, -0.2) is 38.5 Å². The molecule has 0 saturated carbocycles. The van der Waals surface area contributed by atoms with Crippen LogP contribution in [0.25, 0.3) is 0 Å². The highest BCUT2D eigenvalue weighted by molar-refractivity contribution is 7.92. The maximum Gasteiger partial charge on any atom is 0.264 e. The Labute approximate surface area is 174 Å². The number of aromatic nitrogens is 2. The number of amides is 1. The first kappa shape index (κ1) is 21.1. The van der Waals surface area contributed by atoms with Crippen LogP contribution in [0.3, 0.4) is 0 Å². The Balaban J connectivity index is 1.66. The zero-order chi connectivity index (χ0) is 21.6. The highest BCUT2D eigenvalue weighted by Gasteiger charge is 2.16. The number of carbonyl (C=O) groups is 1. The maximum atomic E-state index is 12.4. The summed E-state index contributed by atoms with van der Waals surface area (Å²) >= 11 is 0. The molecule has 30 heavy (non-hydrogen) atoms. The van der Waals surface area contributed by atoms with Crippen LogP contribution in [0.2, 0.25) is 0 Å². The molecule has 156 valence electrons. The summed E-state index contributed by atoms with van der Waals surface area (Å²) < 4.78 is 37.5. The van der Waals surface area contributed by atoms with Crippen molar-refractivity contribution in [2.75, 3.05) is 24.3 Å². The fourth-order valence-corrected chi connectivity index (χ4v) is 3.58. The van der Waals surface area contributed by atoms with E-state index >= 15 is 0 Å². The van der Waals surface area contributed by atoms with Gasteiger partial charge in [0.15, 0.2) is 0 Å². The van der Waals surface area contributed by atoms with Gasteiger partial charge in [-0.2, -0.15) is 0 Å². The molecule has 0 spiro atoms. The number of rotatable bonds is 8. The van der Waals surface area contributed by atoms with Gasteiger partial charge in [0.1, 0.15) is 11.5 Å². The fraction of sp³-hybridized carbons (Fsp3) is 0.150. The highest BCUT2D eigenvalue weighted by atomic mass is 32.2. The Morgan fingerprint density at radius 3 is 2.33 bits per heavy atom. The monoisotopic (exact) mass is 428 g/mol. The Hall–Kier alpha value is -3.66. The summed E-state index contributed by atoms with van der Waals surface area (Å²) in [5, 5.41) is 2.73. The van der Waals surface area contributed by atoms with Gasteiger partial charge in [-0.15, -0.1) is 0 Å². The second-order valence-electron chi connectivity index (χ2n) is 6.11. The van der Waals surface area contributed by atoms with Crippen LogP contribution in [0.15, 0.2) is 65.8 Å². The first-order valence-electron chi connectivity index (χ1n) is 8.82. The third kappa shape index (κ3) is 5.23. The van der Waals surface area contributed by atoms with Gasteiger partial charge in [-0.1, -0.05) is 6.07 Å². The third-order valence-corrected chi connectivity index (χ3v) is 5.43. The fourth-order valence-electron chi connectivity index (χ4n) is 2.62. The third-order valence-electron chi connectivity index (χ3n) is 4.09. The molecular weight excluding hydrogens is 408 g/mol. The molecule has 0 fully saturated rings. The number of benzene rings is 2. The van der Waals surface area contributed by atoms with Gasteiger partial charge in [0.05, 0.1) is 25.5 Å². The van der Waals surface area contributed by atoms with E-state index in [1.165, 1.54) is 43.8 Å². The van der Waals surface area contributed by atoms with Gasteiger partial charge < -0.3 is 14.8 Å². The molecule has 0 unspecified atom stereocenters. The van der Waals surface area contributed by atoms with Crippen molar-refractivity contribution in [3.63, 3.8) is 0 Å². The van der Waals surface area contributed by atoms with Crippen molar-refractivity contribution < 1.29 is 22.7 Å². The molecule has 0 aliphatic rings. The maximum absolute atomic E-state index is 12.4. The van der Waals surface area contributed by atoms with Gasteiger partial charge in [-0.05, 0) is 36.4 Å². The second-order valence-corrected chi connectivity index (χ2v) is 7.79. The summed E-state index contributed by atoms with van der Waals surface area (Å²) in [6, 6.07) is 12.6. The van der Waals surface area contributed by atoms with Gasteiger partial charge in [0, 0.05) is 29.7 Å². The first-order valence-corrected chi connectivity index (χ1v) is 10.3. The van der Waals surface area contributed by atoms with Crippen LogP contribution < -0.4 is 19.5 Å². The van der Waals surface area contributed by atoms with Crippen LogP contribution in [0, 0.1) is 0 Å². The van der Waals surface area contributed by atoms with E-state index in [9.17, 15) is 13.2 Å². The molecule has 10 heteroatoms. The van der Waals surface area contributed by atoms with Gasteiger partial charge in [-0.25, -0.2) is 23.1 Å². The summed E-state index contributed by atoms with van der Waals surface area (Å²) in [5.74, 6) is 0.871. The number of sulfonamides is 1. The molecule has 0 saturated heterocycles. The Kier molecular flexibility index (Phi) is 6.48. The standard InChI is InChI=1S/C20H20N4O5S/c1-28-16-7-4-14(18(13-16)29-2)12-19(25)23-15-5-8-17(9-6-15)30(26,27)24-20-21-10-3-11-22-20/h3-11,13H,12H2,1-2H3,(H,23,25)(H,21,22,24). The largest absolute Gasteiger partial charge is 0.497 e. The average Bonchev–Trinajstić information content (AvgIpc) is 2.74. The molecule has 1 heterocycles. The number of methoxy groups -OCH3 is 2. The van der Waals surface area contributed by atoms with E-state index in [0.29, 0.717) is 22.7 Å². The molecule has 1 aromatic heterocycles. The van der Waals surface area contributed by atoms with Crippen molar-refractivity contribution in [2.24, 2.45) is 0 Å². The molecule has 1 amide bonds. The molecule has 0 radical (unpaired) electrons. The summed E-state index contributed by atoms with van der Waals surface area (Å²) in [6.45, 7) is 0. The molecule has 0 aliphatic carbocycles. The van der Waals surface area contributed by atoms with Crippen molar-refractivity contribution >= 4 is 27.6 Å². The number of ether oxygens (including phenoxy) is 2. The Bertz CT molecular complexity index is 1120. The molecule has 0 atom stereocenters. The molecule has 9 nitrogen and oxygen atoms in total. The molecule has 0 bridgehead atoms. The zero-order valence-electron chi connectivity index (χ0n) is 16.3. The lowest BCUT2D eigenvalue weighted by molar-refractivity contribution is -0.115. The molecular formula is C20H20N4O5S. The zero-order valence-corrected chi connectivity index (χ0v) is 17.1. The minimum atomic E-state index is -3.84. The molecule has 3 aromatic rings. The normalized spacial score (nSPS) is 10.9. The smallest absolute Gasteiger partial charge is 0.264 e. The number of carbonyl (C=O) groups excluding carboxylic acids is 1. The quantitative estimate of drug-likeness (QED) is 0.566. The van der Waals surface area contributed by atoms with Crippen molar-refractivity contribution in [1.29, 1.82) is 0 Å². The minimum absolute atomic E-state index is 0.0183. The molecule has 3 rings (SSSR count). The van der Waals surface area contributed by atoms with Crippen molar-refractivity contribution in [3.05, 3.63) is 66.5 Å². The molecule has 2 N–H and O–H groups in total. The second kappa shape index (κ2) is 9.23. The van der Waals surface area contributed by atoms with Crippen LogP contribution in [0.4, 0.5) is 11.6 Å². The van der Waals surface area contributed by atoms with E-state index in [2.05, 4.69) is 20.0 Å². The summed E-state index contributed by atoms with van der Waals surface area (Å²) in [7, 11) is -0.772. The number of nitrogens with zero attached hydrogens (tertiary/aromatic N) is 2. The highest BCUT2D eigenvalue weighted by Crippen LogP contribution is 2.25. The topological polar surface area (TPSA) is 120 Å². The van der Waals surface area contributed by atoms with Crippen molar-refractivity contribution in [2.45, 2.75) is 11.3 Å². The first-order chi connectivity index (χ1) is 14.4. The van der Waals surface area contributed by atoms with Gasteiger partial charge in [-0.3, -0.25) is 4.79 Å². The predicted molar refractivity (Wildman–Crippen MR) is 111 cm³/mol. The van der Waals surface area contributed by atoms with Crippen molar-refractivity contribution in [3.8, 4) is 11.5 Å². The Morgan fingerprint density at radius 1 is 1.00 bits per heavy atom. The Morgan fingerprint density at radius 2 is 1.70 bits per heavy atom. The van der Waals surface area contributed by atoms with Gasteiger partial charge in [0.2, 0.25) is 11.9 Å². The lowest BCUT2D eigenvalue weighted by Crippen LogP contribution is -2.16. The SMILES string of the molecule is COc1ccc(CC(=O)Nc2ccc(S(=O)(=O)Nc3ncccn3)cc2)c(OC)c1. The lowest BCUT2D eigenvalue weighted by atomic mass is 10.1. The van der Waals surface area contributed by atoms with E-state index in [-0.39, 0.29) is 23.2 Å². The number of anilines is 2. The number of hydrogen-bond acceptors (Lipinski definition) is 7. The van der Waals surface area contributed by atoms with E-state index in [4.69, 9.17) is 9.47 Å². The molecule has 0 aliphatic heterocycles. The van der Waals surface area contributed by atoms with E-state index in [1.807, 2.05) is 0 Å². The van der Waals surface area contributed by atoms with Crippen LogP contribution in [-0.2, 0) is 21.2 Å². The number of nitrogens with one attached hydrogen (secondary N) is 2. The van der Waals surface area contributed by atoms with E-state index in [1.54, 1.807) is 31.4 Å². The van der Waals surface area contributed by atoms with Crippen LogP contribution in [0.5, 0.6) is 11.5 Å². The van der Waals surface area contributed by atoms with Crippen molar-refractivity contribution in [1.82, 2.24) is 9.97 Å². The lowest BCUT2D eigenvalue weighted by Gasteiger charge is -2.11. The summed E-state index contributed by atoms with van der Waals surface area (Å²) in [6.07, 6.45) is 2.95. The van der Waals surface area contributed by atoms with Gasteiger partial charge in [0.25, 0.3) is 10.0 Å². The number of hydrogen-bond donors (Lipinski definition) is 2. The summed E-state index contributed by atoms with van der Waals surface area (Å²) in [5.41, 5.74) is 1.16. The predicted octanol–water partition coefficient (Wildman–Crippen LogP) is 2.48. The minimum Gasteiger partial charge on any atom is -0.497 e. The average molecular weight is 428 g/mol. The van der Waals surface area contributed by atoms with Gasteiger partial charge >= 0.3 is 0 Å². The van der Waals surface area contributed by atoms with Crippen LogP contribution in [0.1, 0.15) is 5.56 Å². The summed E-state index contributed by atoms with van der Waals surface area (Å²) in [4.78, 5) is 20.1. The van der Waals surface area contributed by atoms with Crippen LogP contribution >= 0.6 is 0 Å². The molecule has 2 aromatic carbocycles.